The highest BCUT2D eigenvalue weighted by atomic mass is 16.6. The Hall–Kier alpha value is -7.18. The van der Waals surface area contributed by atoms with Gasteiger partial charge in [-0.15, -0.1) is 0 Å². The first-order valence-electron chi connectivity index (χ1n) is 16.9. The van der Waals surface area contributed by atoms with Crippen molar-refractivity contribution in [3.05, 3.63) is 143 Å². The molecular formula is C38H40N8O10. The molecule has 0 radical (unpaired) electrons. The summed E-state index contributed by atoms with van der Waals surface area (Å²) < 4.78 is 10.1. The summed E-state index contributed by atoms with van der Waals surface area (Å²) in [6.45, 7) is 8.57. The van der Waals surface area contributed by atoms with E-state index >= 15 is 0 Å². The minimum atomic E-state index is -0.523. The molecule has 0 amide bonds. The second-order valence-corrected chi connectivity index (χ2v) is 11.1. The van der Waals surface area contributed by atoms with Gasteiger partial charge in [-0.25, -0.2) is 9.59 Å². The first-order chi connectivity index (χ1) is 27.1. The molecule has 4 aromatic carbocycles. The number of rotatable bonds is 20. The maximum absolute atomic E-state index is 11.3. The molecule has 0 bridgehead atoms. The summed E-state index contributed by atoms with van der Waals surface area (Å²) in [5.74, 6) is -1.05. The first-order valence-corrected chi connectivity index (χ1v) is 16.9. The lowest BCUT2D eigenvalue weighted by atomic mass is 10.2. The number of nitro benzene ring substituents is 2. The summed E-state index contributed by atoms with van der Waals surface area (Å²) in [4.78, 5) is 46.6. The molecule has 0 aromatic heterocycles. The normalized spacial score (nSPS) is 10.6. The van der Waals surface area contributed by atoms with E-state index in [1.165, 1.54) is 48.5 Å². The fourth-order valence-electron chi connectivity index (χ4n) is 4.59. The quantitative estimate of drug-likeness (QED) is 0.0302. The smallest absolute Gasteiger partial charge is 0.330 e. The van der Waals surface area contributed by atoms with Crippen molar-refractivity contribution in [2.75, 3.05) is 62.4 Å². The largest absolute Gasteiger partial charge is 0.461 e. The minimum absolute atomic E-state index is 0.00159. The summed E-state index contributed by atoms with van der Waals surface area (Å²) in [5.41, 5.74) is 3.85. The average molecular weight is 769 g/mol. The molecule has 0 saturated heterocycles. The molecule has 0 saturated carbocycles. The van der Waals surface area contributed by atoms with Crippen molar-refractivity contribution in [3.63, 3.8) is 0 Å². The van der Waals surface area contributed by atoms with Gasteiger partial charge in [-0.3, -0.25) is 20.2 Å². The van der Waals surface area contributed by atoms with Crippen LogP contribution in [0.15, 0.2) is 143 Å². The Labute approximate surface area is 321 Å². The predicted octanol–water partition coefficient (Wildman–Crippen LogP) is 7.08. The highest BCUT2D eigenvalue weighted by Gasteiger charge is 2.10. The molecular weight excluding hydrogens is 728 g/mol. The van der Waals surface area contributed by atoms with E-state index in [1.54, 1.807) is 36.4 Å². The van der Waals surface area contributed by atoms with Crippen molar-refractivity contribution < 1.29 is 39.1 Å². The Morgan fingerprint density at radius 2 is 0.839 bits per heavy atom. The summed E-state index contributed by atoms with van der Waals surface area (Å²) in [6.07, 6.45) is 2.17. The molecule has 2 N–H and O–H groups in total. The second-order valence-electron chi connectivity index (χ2n) is 11.1. The topological polar surface area (TPSA) is 235 Å². The van der Waals surface area contributed by atoms with Gasteiger partial charge < -0.3 is 29.5 Å². The number of hydrogen-bond acceptors (Lipinski definition) is 16. The molecule has 0 aliphatic carbocycles. The molecule has 0 aliphatic rings. The van der Waals surface area contributed by atoms with E-state index in [2.05, 4.69) is 33.6 Å². The fraction of sp³-hybridized carbons (Fsp3) is 0.211. The van der Waals surface area contributed by atoms with E-state index in [9.17, 15) is 29.8 Å². The molecule has 0 atom stereocenters. The van der Waals surface area contributed by atoms with Gasteiger partial charge in [0.1, 0.15) is 13.2 Å². The van der Waals surface area contributed by atoms with Gasteiger partial charge in [0.2, 0.25) is 0 Å². The average Bonchev–Trinajstić information content (AvgIpc) is 3.22. The summed E-state index contributed by atoms with van der Waals surface area (Å²) in [7, 11) is 0. The number of nitrogens with zero attached hydrogens (tertiary/aromatic N) is 8. The standard InChI is InChI=1S/C22H22N4O6.C16H18N4O4/c1-3-21(27)31-15-13-25(14-16-32-22(28)4-2)19-9-5-17(6-10-19)23-24-18-7-11-20(12-8-18)26(29)30;21-11-9-19(10-12-22)15-5-1-13(2-6-15)17-18-14-3-7-16(8-4-14)20(23)24/h3-12H,1-2,13-16H2;1-8,21-22H,9-12H2. The number of carbonyl (C=O) groups is 2. The van der Waals surface area contributed by atoms with Gasteiger partial charge in [-0.1, -0.05) is 13.2 Å². The van der Waals surface area contributed by atoms with Crippen LogP contribution in [0.25, 0.3) is 0 Å². The molecule has 56 heavy (non-hydrogen) atoms. The van der Waals surface area contributed by atoms with Gasteiger partial charge in [0.25, 0.3) is 11.4 Å². The summed E-state index contributed by atoms with van der Waals surface area (Å²) in [6, 6.07) is 25.8. The van der Waals surface area contributed by atoms with Crippen molar-refractivity contribution in [3.8, 4) is 0 Å². The lowest BCUT2D eigenvalue weighted by Crippen LogP contribution is -2.31. The molecule has 18 nitrogen and oxygen atoms in total. The van der Waals surface area contributed by atoms with Gasteiger partial charge in [0.15, 0.2) is 0 Å². The van der Waals surface area contributed by atoms with Crippen molar-refractivity contribution in [2.24, 2.45) is 20.5 Å². The van der Waals surface area contributed by atoms with Crippen LogP contribution in [0, 0.1) is 20.2 Å². The van der Waals surface area contributed by atoms with E-state index in [1.807, 2.05) is 21.9 Å². The molecule has 0 fully saturated rings. The number of carbonyl (C=O) groups excluding carboxylic acids is 2. The maximum atomic E-state index is 11.3. The van der Waals surface area contributed by atoms with Crippen LogP contribution in [0.3, 0.4) is 0 Å². The molecule has 0 unspecified atom stereocenters. The number of azo groups is 2. The third kappa shape index (κ3) is 15.0. The van der Waals surface area contributed by atoms with Crippen molar-refractivity contribution >= 4 is 57.4 Å². The monoisotopic (exact) mass is 768 g/mol. The van der Waals surface area contributed by atoms with E-state index in [0.29, 0.717) is 48.9 Å². The van der Waals surface area contributed by atoms with E-state index in [4.69, 9.17) is 19.7 Å². The van der Waals surface area contributed by atoms with Crippen molar-refractivity contribution in [1.82, 2.24) is 0 Å². The van der Waals surface area contributed by atoms with Crippen LogP contribution in [0.5, 0.6) is 0 Å². The van der Waals surface area contributed by atoms with Crippen LogP contribution in [-0.2, 0) is 19.1 Å². The van der Waals surface area contributed by atoms with Gasteiger partial charge >= 0.3 is 11.9 Å². The zero-order chi connectivity index (χ0) is 40.7. The number of esters is 2. The Kier molecular flexibility index (Phi) is 18.1. The van der Waals surface area contributed by atoms with Crippen LogP contribution in [-0.4, -0.2) is 84.6 Å². The number of nitro groups is 2. The number of benzene rings is 4. The molecule has 0 spiro atoms. The lowest BCUT2D eigenvalue weighted by molar-refractivity contribution is -0.385. The first kappa shape index (κ1) is 43.2. The Morgan fingerprint density at radius 1 is 0.554 bits per heavy atom. The molecule has 0 heterocycles. The molecule has 292 valence electrons. The van der Waals surface area contributed by atoms with Crippen LogP contribution in [0.1, 0.15) is 0 Å². The Bertz CT molecular complexity index is 1920. The Balaban J connectivity index is 0.000000313. The van der Waals surface area contributed by atoms with Crippen LogP contribution in [0.4, 0.5) is 45.5 Å². The zero-order valence-corrected chi connectivity index (χ0v) is 30.2. The van der Waals surface area contributed by atoms with Gasteiger partial charge in [-0.05, 0) is 72.8 Å². The number of ether oxygens (including phenoxy) is 2. The maximum Gasteiger partial charge on any atom is 0.330 e. The van der Waals surface area contributed by atoms with Gasteiger partial charge in [0, 0.05) is 60.9 Å². The fourth-order valence-corrected chi connectivity index (χ4v) is 4.59. The third-order valence-electron chi connectivity index (χ3n) is 7.40. The summed E-state index contributed by atoms with van der Waals surface area (Å²) >= 11 is 0. The molecule has 18 heteroatoms. The number of non-ortho nitro benzene ring substituents is 2. The minimum Gasteiger partial charge on any atom is -0.461 e. The molecule has 4 rings (SSSR count). The van der Waals surface area contributed by atoms with Crippen LogP contribution < -0.4 is 9.80 Å². The van der Waals surface area contributed by atoms with E-state index in [0.717, 1.165) is 23.5 Å². The van der Waals surface area contributed by atoms with Crippen LogP contribution >= 0.6 is 0 Å². The van der Waals surface area contributed by atoms with E-state index in [-0.39, 0.29) is 37.8 Å². The highest BCUT2D eigenvalue weighted by Crippen LogP contribution is 2.25. The number of hydrogen-bond donors (Lipinski definition) is 2. The predicted molar refractivity (Wildman–Crippen MR) is 208 cm³/mol. The zero-order valence-electron chi connectivity index (χ0n) is 30.2. The van der Waals surface area contributed by atoms with Crippen LogP contribution in [0.2, 0.25) is 0 Å². The summed E-state index contributed by atoms with van der Waals surface area (Å²) in [5, 5.41) is 55.7. The highest BCUT2D eigenvalue weighted by molar-refractivity contribution is 5.81. The van der Waals surface area contributed by atoms with Crippen molar-refractivity contribution in [2.45, 2.75) is 0 Å². The Morgan fingerprint density at radius 3 is 1.11 bits per heavy atom. The number of aliphatic hydroxyl groups is 2. The van der Waals surface area contributed by atoms with E-state index < -0.39 is 21.8 Å². The number of anilines is 2. The molecule has 4 aromatic rings. The number of aliphatic hydroxyl groups excluding tert-OH is 2. The van der Waals surface area contributed by atoms with Crippen molar-refractivity contribution in [1.29, 1.82) is 0 Å². The second kappa shape index (κ2) is 23.5. The third-order valence-corrected chi connectivity index (χ3v) is 7.40. The SMILES string of the molecule is C=CC(=O)OCCN(CCOC(=O)C=C)c1ccc(N=Nc2ccc([N+](=O)[O-])cc2)cc1.O=[N+]([O-])c1ccc(N=Nc2ccc(N(CCO)CCO)cc2)cc1. The van der Waals surface area contributed by atoms with Gasteiger partial charge in [-0.2, -0.15) is 20.5 Å². The van der Waals surface area contributed by atoms with Gasteiger partial charge in [0.05, 0.1) is 58.9 Å². The lowest BCUT2D eigenvalue weighted by Gasteiger charge is -2.24. The molecule has 0 aliphatic heterocycles.